The number of aromatic nitrogens is 3. The maximum absolute atomic E-state index is 5.62. The number of rotatable bonds is 2. The third-order valence-electron chi connectivity index (χ3n) is 2.63. The SMILES string of the molecule is Cn1nncc1N1CCC(CN)C1. The molecule has 5 heteroatoms. The predicted octanol–water partition coefficient (Wildman–Crippen LogP) is -0.400. The first-order valence-corrected chi connectivity index (χ1v) is 4.61. The van der Waals surface area contributed by atoms with Crippen molar-refractivity contribution in [3.05, 3.63) is 6.20 Å². The van der Waals surface area contributed by atoms with Crippen LogP contribution in [0.15, 0.2) is 6.20 Å². The standard InChI is InChI=1S/C8H15N5/c1-12-8(5-10-11-12)13-3-2-7(4-9)6-13/h5,7H,2-4,6,9H2,1H3. The molecule has 0 amide bonds. The van der Waals surface area contributed by atoms with E-state index in [1.807, 2.05) is 7.05 Å². The molecule has 2 heterocycles. The fourth-order valence-corrected chi connectivity index (χ4v) is 1.80. The molecule has 2 N–H and O–H groups in total. The van der Waals surface area contributed by atoms with E-state index in [4.69, 9.17) is 5.73 Å². The first kappa shape index (κ1) is 8.50. The van der Waals surface area contributed by atoms with E-state index in [1.54, 1.807) is 10.9 Å². The van der Waals surface area contributed by atoms with Gasteiger partial charge in [-0.2, -0.15) is 0 Å². The van der Waals surface area contributed by atoms with Crippen molar-refractivity contribution in [1.29, 1.82) is 0 Å². The van der Waals surface area contributed by atoms with Gasteiger partial charge in [-0.3, -0.25) is 0 Å². The van der Waals surface area contributed by atoms with Crippen LogP contribution in [-0.4, -0.2) is 34.6 Å². The fourth-order valence-electron chi connectivity index (χ4n) is 1.80. The number of anilines is 1. The Kier molecular flexibility index (Phi) is 2.18. The molecule has 0 bridgehead atoms. The van der Waals surface area contributed by atoms with Gasteiger partial charge < -0.3 is 10.6 Å². The van der Waals surface area contributed by atoms with Crippen molar-refractivity contribution in [3.8, 4) is 0 Å². The molecule has 0 radical (unpaired) electrons. The van der Waals surface area contributed by atoms with Crippen LogP contribution in [0.3, 0.4) is 0 Å². The van der Waals surface area contributed by atoms with Crippen molar-refractivity contribution < 1.29 is 0 Å². The minimum Gasteiger partial charge on any atom is -0.355 e. The molecule has 1 fully saturated rings. The summed E-state index contributed by atoms with van der Waals surface area (Å²) in [7, 11) is 1.91. The molecule has 1 aliphatic heterocycles. The quantitative estimate of drug-likeness (QED) is 0.674. The van der Waals surface area contributed by atoms with Gasteiger partial charge in [0.05, 0.1) is 6.20 Å². The van der Waals surface area contributed by atoms with Crippen molar-refractivity contribution in [1.82, 2.24) is 15.0 Å². The second-order valence-corrected chi connectivity index (χ2v) is 3.55. The highest BCUT2D eigenvalue weighted by Gasteiger charge is 2.23. The van der Waals surface area contributed by atoms with Crippen LogP contribution in [0.25, 0.3) is 0 Å². The molecule has 0 aromatic carbocycles. The van der Waals surface area contributed by atoms with Gasteiger partial charge in [-0.15, -0.1) is 5.10 Å². The summed E-state index contributed by atoms with van der Waals surface area (Å²) in [5.74, 6) is 1.73. The summed E-state index contributed by atoms with van der Waals surface area (Å²) >= 11 is 0. The average Bonchev–Trinajstić information content (AvgIpc) is 2.71. The molecule has 1 unspecified atom stereocenters. The summed E-state index contributed by atoms with van der Waals surface area (Å²) in [6.07, 6.45) is 2.99. The van der Waals surface area contributed by atoms with E-state index in [2.05, 4.69) is 15.2 Å². The molecule has 0 saturated carbocycles. The lowest BCUT2D eigenvalue weighted by Gasteiger charge is -2.16. The summed E-state index contributed by atoms with van der Waals surface area (Å²) in [6, 6.07) is 0. The Morgan fingerprint density at radius 1 is 1.69 bits per heavy atom. The molecule has 1 atom stereocenters. The van der Waals surface area contributed by atoms with Gasteiger partial charge in [0.15, 0.2) is 0 Å². The number of nitrogens with two attached hydrogens (primary N) is 1. The highest BCUT2D eigenvalue weighted by atomic mass is 15.5. The van der Waals surface area contributed by atoms with Gasteiger partial charge in [-0.05, 0) is 18.9 Å². The Labute approximate surface area is 77.5 Å². The minimum absolute atomic E-state index is 0.634. The summed E-state index contributed by atoms with van der Waals surface area (Å²) < 4.78 is 1.80. The van der Waals surface area contributed by atoms with Crippen molar-refractivity contribution >= 4 is 5.82 Å². The van der Waals surface area contributed by atoms with Gasteiger partial charge in [-0.25, -0.2) is 4.68 Å². The number of hydrogen-bond acceptors (Lipinski definition) is 4. The maximum Gasteiger partial charge on any atom is 0.147 e. The monoisotopic (exact) mass is 181 g/mol. The number of aryl methyl sites for hydroxylation is 1. The highest BCUT2D eigenvalue weighted by Crippen LogP contribution is 2.21. The maximum atomic E-state index is 5.62. The topological polar surface area (TPSA) is 60.0 Å². The molecule has 5 nitrogen and oxygen atoms in total. The molecule has 72 valence electrons. The zero-order chi connectivity index (χ0) is 9.26. The van der Waals surface area contributed by atoms with Gasteiger partial charge in [0.25, 0.3) is 0 Å². The normalized spacial score (nSPS) is 22.6. The lowest BCUT2D eigenvalue weighted by molar-refractivity contribution is 0.600. The van der Waals surface area contributed by atoms with Crippen molar-refractivity contribution in [2.45, 2.75) is 6.42 Å². The fraction of sp³-hybridized carbons (Fsp3) is 0.750. The zero-order valence-electron chi connectivity index (χ0n) is 7.85. The van der Waals surface area contributed by atoms with E-state index in [-0.39, 0.29) is 0 Å². The Hall–Kier alpha value is -1.10. The van der Waals surface area contributed by atoms with E-state index in [1.165, 1.54) is 6.42 Å². The van der Waals surface area contributed by atoms with Gasteiger partial charge in [-0.1, -0.05) is 5.21 Å². The third kappa shape index (κ3) is 1.51. The molecular formula is C8H15N5. The van der Waals surface area contributed by atoms with Crippen molar-refractivity contribution in [2.24, 2.45) is 18.7 Å². The van der Waals surface area contributed by atoms with Crippen LogP contribution in [0, 0.1) is 5.92 Å². The molecular weight excluding hydrogens is 166 g/mol. The van der Waals surface area contributed by atoms with Crippen LogP contribution in [0.5, 0.6) is 0 Å². The highest BCUT2D eigenvalue weighted by molar-refractivity contribution is 5.37. The van der Waals surface area contributed by atoms with Gasteiger partial charge in [0.1, 0.15) is 5.82 Å². The molecule has 2 rings (SSSR count). The first-order valence-electron chi connectivity index (χ1n) is 4.61. The molecule has 1 aliphatic rings. The zero-order valence-corrected chi connectivity index (χ0v) is 7.85. The smallest absolute Gasteiger partial charge is 0.147 e. The Balaban J connectivity index is 2.08. The number of nitrogens with zero attached hydrogens (tertiary/aromatic N) is 4. The van der Waals surface area contributed by atoms with Crippen molar-refractivity contribution in [3.63, 3.8) is 0 Å². The summed E-state index contributed by atoms with van der Waals surface area (Å²) in [5.41, 5.74) is 5.62. The van der Waals surface area contributed by atoms with E-state index in [0.29, 0.717) is 5.92 Å². The summed E-state index contributed by atoms with van der Waals surface area (Å²) in [4.78, 5) is 2.29. The van der Waals surface area contributed by atoms with E-state index >= 15 is 0 Å². The lowest BCUT2D eigenvalue weighted by atomic mass is 10.1. The number of hydrogen-bond donors (Lipinski definition) is 1. The van der Waals surface area contributed by atoms with Crippen molar-refractivity contribution in [2.75, 3.05) is 24.5 Å². The molecule has 1 aromatic heterocycles. The second-order valence-electron chi connectivity index (χ2n) is 3.55. The Morgan fingerprint density at radius 2 is 2.54 bits per heavy atom. The first-order chi connectivity index (χ1) is 6.31. The van der Waals surface area contributed by atoms with E-state index in [0.717, 1.165) is 25.5 Å². The molecule has 13 heavy (non-hydrogen) atoms. The summed E-state index contributed by atoms with van der Waals surface area (Å²) in [5, 5.41) is 7.76. The largest absolute Gasteiger partial charge is 0.355 e. The van der Waals surface area contributed by atoms with E-state index in [9.17, 15) is 0 Å². The second kappa shape index (κ2) is 3.33. The minimum atomic E-state index is 0.634. The Morgan fingerprint density at radius 3 is 3.08 bits per heavy atom. The van der Waals surface area contributed by atoms with Gasteiger partial charge >= 0.3 is 0 Å². The molecule has 1 saturated heterocycles. The van der Waals surface area contributed by atoms with E-state index < -0.39 is 0 Å². The average molecular weight is 181 g/mol. The lowest BCUT2D eigenvalue weighted by Crippen LogP contribution is -2.24. The Bertz CT molecular complexity index is 282. The van der Waals surface area contributed by atoms with Crippen LogP contribution >= 0.6 is 0 Å². The molecule has 1 aromatic rings. The third-order valence-corrected chi connectivity index (χ3v) is 2.63. The van der Waals surface area contributed by atoms with Crippen LogP contribution in [0.4, 0.5) is 5.82 Å². The molecule has 0 aliphatic carbocycles. The predicted molar refractivity (Wildman–Crippen MR) is 50.4 cm³/mol. The van der Waals surface area contributed by atoms with Gasteiger partial charge in [0.2, 0.25) is 0 Å². The van der Waals surface area contributed by atoms with Crippen LogP contribution in [0.1, 0.15) is 6.42 Å². The van der Waals surface area contributed by atoms with Gasteiger partial charge in [0, 0.05) is 20.1 Å². The summed E-state index contributed by atoms with van der Waals surface area (Å²) in [6.45, 7) is 2.89. The van der Waals surface area contributed by atoms with Crippen LogP contribution in [-0.2, 0) is 7.05 Å². The van der Waals surface area contributed by atoms with Crippen LogP contribution < -0.4 is 10.6 Å². The van der Waals surface area contributed by atoms with Crippen LogP contribution in [0.2, 0.25) is 0 Å². The molecule has 0 spiro atoms.